The number of nitrogens with zero attached hydrogens (tertiary/aromatic N) is 3. The van der Waals surface area contributed by atoms with Crippen LogP contribution in [0.3, 0.4) is 0 Å². The number of benzene rings is 1. The van der Waals surface area contributed by atoms with Gasteiger partial charge in [-0.05, 0) is 32.0 Å². The number of hydrogen-bond acceptors (Lipinski definition) is 4. The predicted molar refractivity (Wildman–Crippen MR) is 104 cm³/mol. The number of alkyl halides is 3. The molecule has 0 bridgehead atoms. The molecule has 1 aliphatic heterocycles. The molecule has 1 aliphatic rings. The number of nitrogen functional groups attached to an aromatic ring is 1. The molecule has 1 saturated heterocycles. The van der Waals surface area contributed by atoms with Gasteiger partial charge in [-0.3, -0.25) is 9.89 Å². The van der Waals surface area contributed by atoms with Gasteiger partial charge >= 0.3 is 6.18 Å². The van der Waals surface area contributed by atoms with Crippen LogP contribution in [0.2, 0.25) is 0 Å². The summed E-state index contributed by atoms with van der Waals surface area (Å²) < 4.78 is 53.0. The van der Waals surface area contributed by atoms with Gasteiger partial charge in [0.2, 0.25) is 0 Å². The highest BCUT2D eigenvalue weighted by atomic mass is 19.4. The van der Waals surface area contributed by atoms with Crippen molar-refractivity contribution in [3.63, 3.8) is 0 Å². The topological polar surface area (TPSA) is 78.2 Å². The number of likely N-dealkylation sites (tertiary alicyclic amines) is 1. The number of anilines is 1. The lowest BCUT2D eigenvalue weighted by Gasteiger charge is -2.27. The number of hydrogen-bond donors (Lipinski definition) is 2. The molecule has 0 unspecified atom stereocenters. The van der Waals surface area contributed by atoms with Crippen molar-refractivity contribution in [2.45, 2.75) is 38.4 Å². The number of aromatic amines is 1. The van der Waals surface area contributed by atoms with Crippen LogP contribution < -0.4 is 5.73 Å². The Morgan fingerprint density at radius 2 is 1.90 bits per heavy atom. The smallest absolute Gasteiger partial charge is 0.396 e. The van der Waals surface area contributed by atoms with Crippen LogP contribution in [0.25, 0.3) is 0 Å². The number of nitrogens with one attached hydrogen (secondary N) is 1. The van der Waals surface area contributed by atoms with E-state index in [4.69, 9.17) is 5.73 Å². The second kappa shape index (κ2) is 9.46. The molecule has 1 aromatic carbocycles. The zero-order valence-electron chi connectivity index (χ0n) is 16.5. The molecule has 2 heterocycles. The van der Waals surface area contributed by atoms with Crippen LogP contribution in [-0.4, -0.2) is 52.1 Å². The number of carbonyl (C=O) groups excluding carboxylic acids is 1. The third-order valence-electron chi connectivity index (χ3n) is 5.24. The lowest BCUT2D eigenvalue weighted by Crippen LogP contribution is -2.39. The van der Waals surface area contributed by atoms with Crippen molar-refractivity contribution in [2.24, 2.45) is 0 Å². The molecule has 0 spiro atoms. The molecular weight excluding hydrogens is 402 g/mol. The monoisotopic (exact) mass is 427 g/mol. The number of amides is 1. The van der Waals surface area contributed by atoms with E-state index < -0.39 is 23.6 Å². The Hall–Kier alpha value is -2.62. The highest BCUT2D eigenvalue weighted by Crippen LogP contribution is 2.28. The summed E-state index contributed by atoms with van der Waals surface area (Å²) >= 11 is 0. The fourth-order valence-corrected chi connectivity index (χ4v) is 3.54. The molecule has 0 aliphatic carbocycles. The highest BCUT2D eigenvalue weighted by molar-refractivity contribution is 5.92. The molecule has 164 valence electrons. The predicted octanol–water partition coefficient (Wildman–Crippen LogP) is 3.67. The Bertz CT molecular complexity index is 859. The SMILES string of the molecule is Nc1cccc(CN(CCN2CCCCCC2)C(=O)c2cc(C(F)(F)F)[nH]n2)c1F. The lowest BCUT2D eigenvalue weighted by atomic mass is 10.1. The largest absolute Gasteiger partial charge is 0.432 e. The number of carbonyl (C=O) groups is 1. The van der Waals surface area contributed by atoms with Gasteiger partial charge in [0, 0.05) is 31.3 Å². The van der Waals surface area contributed by atoms with Crippen LogP contribution >= 0.6 is 0 Å². The van der Waals surface area contributed by atoms with Crippen molar-refractivity contribution >= 4 is 11.6 Å². The van der Waals surface area contributed by atoms with E-state index in [1.807, 2.05) is 5.10 Å². The van der Waals surface area contributed by atoms with Crippen molar-refractivity contribution < 1.29 is 22.4 Å². The second-order valence-corrected chi connectivity index (χ2v) is 7.47. The molecule has 10 heteroatoms. The van der Waals surface area contributed by atoms with Crippen LogP contribution in [0, 0.1) is 5.82 Å². The Kier molecular flexibility index (Phi) is 6.96. The Balaban J connectivity index is 1.79. The van der Waals surface area contributed by atoms with E-state index in [2.05, 4.69) is 10.00 Å². The Morgan fingerprint density at radius 3 is 2.53 bits per heavy atom. The quantitative estimate of drug-likeness (QED) is 0.545. The van der Waals surface area contributed by atoms with E-state index >= 15 is 0 Å². The number of halogens is 4. The Morgan fingerprint density at radius 1 is 1.20 bits per heavy atom. The van der Waals surface area contributed by atoms with E-state index in [-0.39, 0.29) is 30.0 Å². The van der Waals surface area contributed by atoms with Gasteiger partial charge in [0.1, 0.15) is 5.69 Å². The van der Waals surface area contributed by atoms with Gasteiger partial charge in [0.05, 0.1) is 5.69 Å². The summed E-state index contributed by atoms with van der Waals surface area (Å²) in [6.45, 7) is 2.47. The van der Waals surface area contributed by atoms with Gasteiger partial charge < -0.3 is 15.5 Å². The van der Waals surface area contributed by atoms with Crippen LogP contribution in [0.5, 0.6) is 0 Å². The molecular formula is C20H25F4N5O. The molecule has 0 saturated carbocycles. The van der Waals surface area contributed by atoms with Crippen molar-refractivity contribution in [1.29, 1.82) is 0 Å². The zero-order valence-corrected chi connectivity index (χ0v) is 16.5. The first-order valence-electron chi connectivity index (χ1n) is 9.93. The van der Waals surface area contributed by atoms with Crippen LogP contribution in [0.4, 0.5) is 23.2 Å². The van der Waals surface area contributed by atoms with Gasteiger partial charge in [-0.2, -0.15) is 18.3 Å². The first kappa shape index (κ1) is 22.1. The molecule has 1 amide bonds. The minimum absolute atomic E-state index is 0.0495. The van der Waals surface area contributed by atoms with E-state index in [1.54, 1.807) is 6.07 Å². The molecule has 3 rings (SSSR count). The maximum Gasteiger partial charge on any atom is 0.432 e. The molecule has 0 radical (unpaired) electrons. The average Bonchev–Trinajstić information content (AvgIpc) is 3.07. The van der Waals surface area contributed by atoms with E-state index in [1.165, 1.54) is 17.0 Å². The van der Waals surface area contributed by atoms with Gasteiger partial charge in [0.25, 0.3) is 5.91 Å². The van der Waals surface area contributed by atoms with Crippen LogP contribution in [-0.2, 0) is 12.7 Å². The number of nitrogens with two attached hydrogens (primary N) is 1. The lowest BCUT2D eigenvalue weighted by molar-refractivity contribution is -0.141. The normalized spacial score (nSPS) is 15.7. The standard InChI is InChI=1S/C20H25F4N5O/c21-18-14(6-5-7-15(18)25)13-29(11-10-28-8-3-1-2-4-9-28)19(30)16-12-17(27-26-16)20(22,23)24/h5-7,12H,1-4,8-11,13,25H2,(H,26,27). The maximum absolute atomic E-state index is 14.4. The summed E-state index contributed by atoms with van der Waals surface area (Å²) in [5.74, 6) is -1.33. The van der Waals surface area contributed by atoms with Gasteiger partial charge in [0.15, 0.2) is 11.5 Å². The average molecular weight is 427 g/mol. The molecule has 30 heavy (non-hydrogen) atoms. The summed E-state index contributed by atoms with van der Waals surface area (Å²) in [6, 6.07) is 5.16. The van der Waals surface area contributed by atoms with Crippen LogP contribution in [0.1, 0.15) is 47.4 Å². The summed E-state index contributed by atoms with van der Waals surface area (Å²) in [4.78, 5) is 16.5. The Labute approximate surface area is 172 Å². The van der Waals surface area contributed by atoms with Gasteiger partial charge in [-0.15, -0.1) is 0 Å². The minimum atomic E-state index is -4.64. The van der Waals surface area contributed by atoms with E-state index in [9.17, 15) is 22.4 Å². The molecule has 2 aromatic rings. The van der Waals surface area contributed by atoms with Crippen LogP contribution in [0.15, 0.2) is 24.3 Å². The molecule has 1 aromatic heterocycles. The zero-order chi connectivity index (χ0) is 21.7. The van der Waals surface area contributed by atoms with E-state index in [0.717, 1.165) is 38.8 Å². The number of aromatic nitrogens is 2. The fourth-order valence-electron chi connectivity index (χ4n) is 3.54. The molecule has 6 nitrogen and oxygen atoms in total. The van der Waals surface area contributed by atoms with E-state index in [0.29, 0.717) is 12.6 Å². The highest BCUT2D eigenvalue weighted by Gasteiger charge is 2.34. The number of H-pyrrole nitrogens is 1. The van der Waals surface area contributed by atoms with Gasteiger partial charge in [-0.25, -0.2) is 4.39 Å². The minimum Gasteiger partial charge on any atom is -0.396 e. The van der Waals surface area contributed by atoms with Crippen molar-refractivity contribution in [1.82, 2.24) is 20.0 Å². The van der Waals surface area contributed by atoms with Crippen molar-refractivity contribution in [3.8, 4) is 0 Å². The summed E-state index contributed by atoms with van der Waals surface area (Å²) in [5, 5.41) is 5.38. The number of rotatable bonds is 6. The summed E-state index contributed by atoms with van der Waals surface area (Å²) in [6.07, 6.45) is -0.205. The molecule has 0 atom stereocenters. The third kappa shape index (κ3) is 5.50. The fraction of sp³-hybridized carbons (Fsp3) is 0.500. The summed E-state index contributed by atoms with van der Waals surface area (Å²) in [5.41, 5.74) is 4.30. The second-order valence-electron chi connectivity index (χ2n) is 7.47. The third-order valence-corrected chi connectivity index (χ3v) is 5.24. The summed E-state index contributed by atoms with van der Waals surface area (Å²) in [7, 11) is 0. The molecule has 1 fully saturated rings. The van der Waals surface area contributed by atoms with Gasteiger partial charge in [-0.1, -0.05) is 25.0 Å². The van der Waals surface area contributed by atoms with Crippen molar-refractivity contribution in [3.05, 3.63) is 47.0 Å². The van der Waals surface area contributed by atoms with Crippen molar-refractivity contribution in [2.75, 3.05) is 31.9 Å². The maximum atomic E-state index is 14.4. The first-order chi connectivity index (χ1) is 14.3. The first-order valence-corrected chi connectivity index (χ1v) is 9.93. The molecule has 3 N–H and O–H groups in total.